The van der Waals surface area contributed by atoms with Gasteiger partial charge in [0.15, 0.2) is 0 Å². The van der Waals surface area contributed by atoms with E-state index < -0.39 is 34.4 Å². The first-order chi connectivity index (χ1) is 12.0. The van der Waals surface area contributed by atoms with Crippen molar-refractivity contribution in [1.82, 2.24) is 0 Å². The Morgan fingerprint density at radius 3 is 2.50 bits per heavy atom. The van der Waals surface area contributed by atoms with Gasteiger partial charge in [0.2, 0.25) is 0 Å². The molecule has 1 N–H and O–H groups in total. The number of rotatable bonds is 5. The van der Waals surface area contributed by atoms with Crippen LogP contribution in [-0.2, 0) is 15.8 Å². The predicted octanol–water partition coefficient (Wildman–Crippen LogP) is 3.61. The third-order valence-electron chi connectivity index (χ3n) is 4.97. The van der Waals surface area contributed by atoms with Gasteiger partial charge in [-0.3, -0.25) is 0 Å². The number of hydrogen-bond acceptors (Lipinski definition) is 4. The highest BCUT2D eigenvalue weighted by molar-refractivity contribution is 6.55. The molecule has 0 bridgehead atoms. The fraction of sp³-hybridized carbons (Fsp3) is 0.526. The van der Waals surface area contributed by atoms with Crippen molar-refractivity contribution in [3.63, 3.8) is 0 Å². The Morgan fingerprint density at radius 1 is 1.27 bits per heavy atom. The Labute approximate surface area is 153 Å². The number of carbonyl (C=O) groups is 1. The molecule has 4 nitrogen and oxygen atoms in total. The zero-order chi connectivity index (χ0) is 19.7. The maximum atomic E-state index is 14.8. The van der Waals surface area contributed by atoms with E-state index >= 15 is 0 Å². The van der Waals surface area contributed by atoms with Crippen molar-refractivity contribution in [3.05, 3.63) is 40.5 Å². The average molecular weight is 365 g/mol. The van der Waals surface area contributed by atoms with E-state index in [0.29, 0.717) is 30.3 Å². The average Bonchev–Trinajstić information content (AvgIpc) is 2.74. The van der Waals surface area contributed by atoms with Crippen LogP contribution in [0.15, 0.2) is 12.1 Å². The van der Waals surface area contributed by atoms with E-state index in [1.165, 1.54) is 7.48 Å². The van der Waals surface area contributed by atoms with Crippen LogP contribution in [0.25, 0.3) is 5.47 Å². The van der Waals surface area contributed by atoms with E-state index in [1.54, 1.807) is 27.7 Å². The monoisotopic (exact) mass is 365 g/mol. The number of halogens is 2. The molecule has 0 saturated heterocycles. The number of methoxy groups -OCH3 is 1. The minimum Gasteiger partial charge on any atom is -0.465 e. The van der Waals surface area contributed by atoms with E-state index in [4.69, 9.17) is 4.65 Å². The molecule has 26 heavy (non-hydrogen) atoms. The molecule has 0 atom stereocenters. The Balaban J connectivity index is 2.42. The lowest BCUT2D eigenvalue weighted by Crippen LogP contribution is -2.48. The molecule has 1 aliphatic carbocycles. The number of allylic oxidation sites excluding steroid dienone is 1. The Bertz CT molecular complexity index is 736. The number of carbonyl (C=O) groups excluding carboxylic acids is 1. The van der Waals surface area contributed by atoms with Crippen LogP contribution in [-0.4, -0.2) is 36.9 Å². The fourth-order valence-corrected chi connectivity index (χ4v) is 2.56. The van der Waals surface area contributed by atoms with Crippen LogP contribution in [0, 0.1) is 11.6 Å². The second kappa shape index (κ2) is 7.49. The summed E-state index contributed by atoms with van der Waals surface area (Å²) < 4.78 is 39.4. The molecule has 0 aromatic heterocycles. The summed E-state index contributed by atoms with van der Waals surface area (Å²) in [5.74, 6) is -2.91. The molecule has 1 aromatic rings. The van der Waals surface area contributed by atoms with E-state index in [9.17, 15) is 18.7 Å². The molecule has 2 rings (SSSR count). The molecular weight excluding hydrogens is 341 g/mol. The summed E-state index contributed by atoms with van der Waals surface area (Å²) in [6.07, 6.45) is 3.51. The van der Waals surface area contributed by atoms with Crippen LogP contribution in [0.4, 0.5) is 8.78 Å². The molecule has 0 heterocycles. The number of ether oxygens (including phenoxy) is 1. The van der Waals surface area contributed by atoms with Crippen molar-refractivity contribution in [2.75, 3.05) is 7.11 Å². The molecule has 0 unspecified atom stereocenters. The largest absolute Gasteiger partial charge is 0.465 e. The SMILES string of the molecule is COC(=O)c1c(F)cc2c(c1F)CCCC=C2[B]OC(C)(C)C(C)(C)O. The molecule has 7 heteroatoms. The lowest BCUT2D eigenvalue weighted by molar-refractivity contribution is -0.0892. The van der Waals surface area contributed by atoms with Gasteiger partial charge in [0.05, 0.1) is 18.3 Å². The molecule has 0 aliphatic heterocycles. The summed E-state index contributed by atoms with van der Waals surface area (Å²) in [4.78, 5) is 11.7. The van der Waals surface area contributed by atoms with E-state index in [0.717, 1.165) is 13.2 Å². The van der Waals surface area contributed by atoms with Crippen LogP contribution in [0.3, 0.4) is 0 Å². The van der Waals surface area contributed by atoms with E-state index in [-0.39, 0.29) is 5.56 Å². The van der Waals surface area contributed by atoms with Gasteiger partial charge in [-0.05, 0) is 69.6 Å². The van der Waals surface area contributed by atoms with Gasteiger partial charge in [-0.1, -0.05) is 6.08 Å². The van der Waals surface area contributed by atoms with Gasteiger partial charge in [-0.25, -0.2) is 13.6 Å². The first-order valence-corrected chi connectivity index (χ1v) is 8.52. The van der Waals surface area contributed by atoms with Crippen molar-refractivity contribution in [3.8, 4) is 0 Å². The normalized spacial score (nSPS) is 15.0. The molecule has 1 aromatic carbocycles. The first-order valence-electron chi connectivity index (χ1n) is 8.52. The minimum absolute atomic E-state index is 0.261. The zero-order valence-electron chi connectivity index (χ0n) is 15.8. The van der Waals surface area contributed by atoms with Gasteiger partial charge in [-0.2, -0.15) is 0 Å². The van der Waals surface area contributed by atoms with E-state index in [1.807, 2.05) is 6.08 Å². The van der Waals surface area contributed by atoms with Crippen molar-refractivity contribution in [1.29, 1.82) is 0 Å². The number of fused-ring (bicyclic) bond motifs is 1. The standard InChI is InChI=1S/C19H24BF2O4/c1-18(2,24)19(3,4)26-20-13-9-7-6-8-11-12(13)10-14(21)15(16(11)22)17(23)25-5/h9-10,24H,6-8H2,1-5H3. The van der Waals surface area contributed by atoms with Crippen molar-refractivity contribution < 1.29 is 28.1 Å². The molecule has 0 spiro atoms. The summed E-state index contributed by atoms with van der Waals surface area (Å²) >= 11 is 0. The van der Waals surface area contributed by atoms with Crippen molar-refractivity contribution >= 4 is 18.9 Å². The maximum absolute atomic E-state index is 14.8. The number of aliphatic hydroxyl groups is 1. The Morgan fingerprint density at radius 2 is 1.92 bits per heavy atom. The highest BCUT2D eigenvalue weighted by Crippen LogP contribution is 2.33. The van der Waals surface area contributed by atoms with Crippen LogP contribution < -0.4 is 0 Å². The third kappa shape index (κ3) is 3.99. The maximum Gasteiger partial charge on any atom is 0.343 e. The summed E-state index contributed by atoms with van der Waals surface area (Å²) in [6, 6.07) is 1.14. The summed E-state index contributed by atoms with van der Waals surface area (Å²) in [5, 5.41) is 10.2. The molecule has 1 radical (unpaired) electrons. The fourth-order valence-electron chi connectivity index (χ4n) is 2.56. The Hall–Kier alpha value is -1.73. The van der Waals surface area contributed by atoms with Gasteiger partial charge in [0.1, 0.15) is 17.2 Å². The Kier molecular flexibility index (Phi) is 5.93. The topological polar surface area (TPSA) is 55.8 Å². The lowest BCUT2D eigenvalue weighted by Gasteiger charge is -2.37. The number of benzene rings is 1. The van der Waals surface area contributed by atoms with Gasteiger partial charge >= 0.3 is 13.5 Å². The molecular formula is C19H24BF2O4. The van der Waals surface area contributed by atoms with Crippen LogP contribution in [0.1, 0.15) is 62.0 Å². The summed E-state index contributed by atoms with van der Waals surface area (Å²) in [5.41, 5.74) is -1.59. The second-order valence-corrected chi connectivity index (χ2v) is 7.42. The van der Waals surface area contributed by atoms with Crippen molar-refractivity contribution in [2.45, 2.75) is 58.2 Å². The van der Waals surface area contributed by atoms with Gasteiger partial charge in [0, 0.05) is 0 Å². The lowest BCUT2D eigenvalue weighted by atomic mass is 9.77. The van der Waals surface area contributed by atoms with E-state index in [2.05, 4.69) is 4.74 Å². The number of hydrogen-bond donors (Lipinski definition) is 1. The van der Waals surface area contributed by atoms with Crippen LogP contribution in [0.2, 0.25) is 0 Å². The van der Waals surface area contributed by atoms with Gasteiger partial charge in [0.25, 0.3) is 0 Å². The molecule has 1 aliphatic rings. The van der Waals surface area contributed by atoms with Gasteiger partial charge in [-0.15, -0.1) is 0 Å². The minimum atomic E-state index is -1.12. The number of esters is 1. The quantitative estimate of drug-likeness (QED) is 0.640. The second-order valence-electron chi connectivity index (χ2n) is 7.42. The highest BCUT2D eigenvalue weighted by atomic mass is 19.1. The molecule has 141 valence electrons. The summed E-state index contributed by atoms with van der Waals surface area (Å²) in [7, 11) is 2.50. The van der Waals surface area contributed by atoms with Crippen LogP contribution >= 0.6 is 0 Å². The molecule has 0 saturated carbocycles. The smallest absolute Gasteiger partial charge is 0.343 e. The van der Waals surface area contributed by atoms with Crippen molar-refractivity contribution in [2.24, 2.45) is 0 Å². The van der Waals surface area contributed by atoms with Crippen LogP contribution in [0.5, 0.6) is 0 Å². The zero-order valence-corrected chi connectivity index (χ0v) is 15.8. The predicted molar refractivity (Wildman–Crippen MR) is 95.8 cm³/mol. The molecule has 0 amide bonds. The first kappa shape index (κ1) is 20.6. The molecule has 0 fully saturated rings. The highest BCUT2D eigenvalue weighted by Gasteiger charge is 2.36. The third-order valence-corrected chi connectivity index (χ3v) is 4.97. The summed E-state index contributed by atoms with van der Waals surface area (Å²) in [6.45, 7) is 6.70. The van der Waals surface area contributed by atoms with Gasteiger partial charge < -0.3 is 14.5 Å².